The van der Waals surface area contributed by atoms with E-state index in [-0.39, 0.29) is 37.2 Å². The van der Waals surface area contributed by atoms with E-state index in [0.717, 1.165) is 12.1 Å². The molecule has 4 rings (SSSR count). The quantitative estimate of drug-likeness (QED) is 0.159. The average Bonchev–Trinajstić information content (AvgIpc) is 3.50. The number of rotatable bonds is 7. The Labute approximate surface area is 277 Å². The van der Waals surface area contributed by atoms with Crippen LogP contribution in [-0.2, 0) is 14.1 Å². The van der Waals surface area contributed by atoms with Crippen molar-refractivity contribution in [1.29, 1.82) is 0 Å². The fourth-order valence-electron chi connectivity index (χ4n) is 2.82. The first kappa shape index (κ1) is 36.7. The van der Waals surface area contributed by atoms with Gasteiger partial charge in [-0.2, -0.15) is 0 Å². The van der Waals surface area contributed by atoms with E-state index in [9.17, 15) is 18.4 Å². The number of tetrazole rings is 2. The van der Waals surface area contributed by atoms with Gasteiger partial charge in [0.05, 0.1) is 31.2 Å². The summed E-state index contributed by atoms with van der Waals surface area (Å²) in [5.74, 6) is -0.552. The molecule has 0 spiro atoms. The number of halogens is 7. The molecule has 0 atom stereocenters. The number of carbonyl (C=O) groups excluding carboxylic acids is 2. The molecule has 12 nitrogen and oxygen atoms in total. The smallest absolute Gasteiger partial charge is 0.262 e. The molecule has 0 unspecified atom stereocenters. The molecule has 4 aromatic rings. The van der Waals surface area contributed by atoms with Crippen LogP contribution in [0.1, 0.15) is 34.6 Å². The van der Waals surface area contributed by atoms with Crippen LogP contribution in [0, 0.1) is 11.6 Å². The lowest BCUT2D eigenvalue weighted by Gasteiger charge is -2.11. The number of benzene rings is 2. The summed E-state index contributed by atoms with van der Waals surface area (Å²) in [4.78, 5) is 24.1. The van der Waals surface area contributed by atoms with Gasteiger partial charge in [-0.3, -0.25) is 14.9 Å². The van der Waals surface area contributed by atoms with Crippen molar-refractivity contribution >= 4 is 105 Å². The molecule has 2 aromatic heterocycles. The lowest BCUT2D eigenvalue weighted by Crippen LogP contribution is -2.17. The molecule has 2 heterocycles. The maximum Gasteiger partial charge on any atom is 0.262 e. The van der Waals surface area contributed by atoms with E-state index in [1.54, 1.807) is 7.05 Å². The standard InChI is InChI=1S/C11H10Cl2FN5OS.C9H6Cl3FOS.C2H5N5/c1-3-21-9-5(12)4-6(14)7(8(9)13)10(20)15-11-16-17-18-19(11)2;1-2-15-8-4(10)3-5(13)6(7(8)11)9(12)14;1-7-2(3)4-5-6-7/h4H,3H2,1-2H3,(H,15,16,18,20);3H,2H2,1H3;1H3,(H2,3,4,6). The highest BCUT2D eigenvalue weighted by molar-refractivity contribution is 7.99. The molecular weight excluding hydrogens is 716 g/mol. The minimum Gasteiger partial charge on any atom is -0.367 e. The van der Waals surface area contributed by atoms with Crippen molar-refractivity contribution in [2.45, 2.75) is 23.6 Å². The molecule has 0 aliphatic rings. The lowest BCUT2D eigenvalue weighted by molar-refractivity contribution is 0.102. The predicted molar refractivity (Wildman–Crippen MR) is 166 cm³/mol. The van der Waals surface area contributed by atoms with E-state index in [1.165, 1.54) is 39.9 Å². The highest BCUT2D eigenvalue weighted by atomic mass is 35.5. The topological polar surface area (TPSA) is 159 Å². The number of nitrogen functional groups attached to an aromatic ring is 1. The first-order valence-electron chi connectivity index (χ1n) is 11.6. The van der Waals surface area contributed by atoms with Crippen LogP contribution < -0.4 is 11.1 Å². The number of aryl methyl sites for hydroxylation is 2. The van der Waals surface area contributed by atoms with E-state index >= 15 is 0 Å². The highest BCUT2D eigenvalue weighted by Gasteiger charge is 2.23. The number of hydrogen-bond donors (Lipinski definition) is 2. The maximum atomic E-state index is 14.0. The van der Waals surface area contributed by atoms with Gasteiger partial charge in [-0.1, -0.05) is 70.4 Å². The van der Waals surface area contributed by atoms with Gasteiger partial charge in [0.25, 0.3) is 11.1 Å². The minimum atomic E-state index is -0.924. The number of nitrogens with two attached hydrogens (primary N) is 1. The molecule has 232 valence electrons. The lowest BCUT2D eigenvalue weighted by atomic mass is 10.2. The summed E-state index contributed by atoms with van der Waals surface area (Å²) in [5.41, 5.74) is 4.55. The van der Waals surface area contributed by atoms with E-state index in [0.29, 0.717) is 27.2 Å². The Morgan fingerprint density at radius 2 is 1.33 bits per heavy atom. The zero-order chi connectivity index (χ0) is 32.4. The summed E-state index contributed by atoms with van der Waals surface area (Å²) in [6.45, 7) is 3.79. The number of carbonyl (C=O) groups is 2. The van der Waals surface area contributed by atoms with Crippen LogP contribution in [0.25, 0.3) is 0 Å². The van der Waals surface area contributed by atoms with Crippen LogP contribution in [0.15, 0.2) is 21.9 Å². The fourth-order valence-corrected chi connectivity index (χ4v) is 6.17. The predicted octanol–water partition coefficient (Wildman–Crippen LogP) is 6.44. The second-order valence-electron chi connectivity index (χ2n) is 7.60. The number of anilines is 2. The molecule has 0 saturated carbocycles. The Hall–Kier alpha value is -2.47. The first-order chi connectivity index (χ1) is 20.2. The molecule has 3 N–H and O–H groups in total. The Bertz CT molecular complexity index is 1590. The fraction of sp³-hybridized carbons (Fsp3) is 0.273. The summed E-state index contributed by atoms with van der Waals surface area (Å²) in [6, 6.07) is 2.11. The van der Waals surface area contributed by atoms with Crippen molar-refractivity contribution < 1.29 is 18.4 Å². The summed E-state index contributed by atoms with van der Waals surface area (Å²) >= 11 is 31.6. The SMILES string of the molecule is CCSc1c(Cl)cc(F)c(C(=O)Cl)c1Cl.CCSc1c(Cl)cc(F)c(C(=O)Nc2nnnn2C)c1Cl.Cn1nnnc1N. The van der Waals surface area contributed by atoms with Gasteiger partial charge in [0.2, 0.25) is 11.9 Å². The van der Waals surface area contributed by atoms with Crippen LogP contribution in [0.3, 0.4) is 0 Å². The zero-order valence-corrected chi connectivity index (χ0v) is 27.9. The first-order valence-corrected chi connectivity index (χ1v) is 15.4. The normalized spacial score (nSPS) is 10.4. The molecule has 0 fully saturated rings. The van der Waals surface area contributed by atoms with Crippen LogP contribution in [0.4, 0.5) is 20.7 Å². The molecule has 1 amide bonds. The Balaban J connectivity index is 0.000000254. The third-order valence-electron chi connectivity index (χ3n) is 4.76. The molecule has 0 saturated heterocycles. The highest BCUT2D eigenvalue weighted by Crippen LogP contribution is 2.39. The molecule has 2 aromatic carbocycles. The summed E-state index contributed by atoms with van der Waals surface area (Å²) < 4.78 is 29.9. The van der Waals surface area contributed by atoms with Crippen molar-refractivity contribution in [3.8, 4) is 0 Å². The van der Waals surface area contributed by atoms with Crippen molar-refractivity contribution in [1.82, 2.24) is 40.4 Å². The van der Waals surface area contributed by atoms with Gasteiger partial charge in [0, 0.05) is 23.9 Å². The van der Waals surface area contributed by atoms with Gasteiger partial charge in [-0.25, -0.2) is 18.1 Å². The summed E-state index contributed by atoms with van der Waals surface area (Å²) in [7, 11) is 3.21. The number of hydrogen-bond acceptors (Lipinski definition) is 11. The Morgan fingerprint density at radius 1 is 0.860 bits per heavy atom. The zero-order valence-electron chi connectivity index (χ0n) is 22.5. The third-order valence-corrected chi connectivity index (χ3v) is 8.75. The van der Waals surface area contributed by atoms with E-state index in [2.05, 4.69) is 36.4 Å². The molecule has 0 aliphatic heterocycles. The summed E-state index contributed by atoms with van der Waals surface area (Å²) in [6.07, 6.45) is 0. The van der Waals surface area contributed by atoms with Crippen LogP contribution in [-0.4, -0.2) is 63.1 Å². The number of nitrogens with zero attached hydrogens (tertiary/aromatic N) is 8. The van der Waals surface area contributed by atoms with Crippen LogP contribution in [0.2, 0.25) is 20.1 Å². The van der Waals surface area contributed by atoms with Gasteiger partial charge in [-0.15, -0.1) is 23.5 Å². The number of aromatic nitrogens is 8. The van der Waals surface area contributed by atoms with Gasteiger partial charge < -0.3 is 5.73 Å². The minimum absolute atomic E-state index is 0.0214. The molecule has 0 aliphatic carbocycles. The van der Waals surface area contributed by atoms with E-state index in [1.807, 2.05) is 13.8 Å². The number of thioether (sulfide) groups is 2. The van der Waals surface area contributed by atoms with Crippen LogP contribution >= 0.6 is 81.5 Å². The van der Waals surface area contributed by atoms with Gasteiger partial charge >= 0.3 is 0 Å². The largest absolute Gasteiger partial charge is 0.367 e. The van der Waals surface area contributed by atoms with Crippen molar-refractivity contribution in [3.63, 3.8) is 0 Å². The van der Waals surface area contributed by atoms with Gasteiger partial charge in [0.1, 0.15) is 11.6 Å². The molecule has 0 radical (unpaired) electrons. The molecule has 43 heavy (non-hydrogen) atoms. The van der Waals surface area contributed by atoms with Gasteiger partial charge in [0.15, 0.2) is 0 Å². The molecular formula is C22H21Cl5F2N10O2S2. The Morgan fingerprint density at radius 3 is 1.70 bits per heavy atom. The molecule has 21 heteroatoms. The average molecular weight is 737 g/mol. The third kappa shape index (κ3) is 9.76. The van der Waals surface area contributed by atoms with Gasteiger partial charge in [-0.05, 0) is 56.1 Å². The Kier molecular flexibility index (Phi) is 14.6. The molecule has 0 bridgehead atoms. The second kappa shape index (κ2) is 17.1. The van der Waals surface area contributed by atoms with Crippen molar-refractivity contribution in [2.75, 3.05) is 22.6 Å². The second-order valence-corrected chi connectivity index (χ2v) is 12.1. The van der Waals surface area contributed by atoms with E-state index in [4.69, 9.17) is 63.7 Å². The number of amides is 1. The summed E-state index contributed by atoms with van der Waals surface area (Å²) in [5, 5.41) is 22.4. The van der Waals surface area contributed by atoms with Crippen molar-refractivity contribution in [3.05, 3.63) is 55.0 Å². The van der Waals surface area contributed by atoms with E-state index < -0.39 is 22.8 Å². The maximum absolute atomic E-state index is 14.0. The monoisotopic (exact) mass is 734 g/mol. The number of nitrogens with one attached hydrogen (secondary N) is 1. The van der Waals surface area contributed by atoms with Crippen LogP contribution in [0.5, 0.6) is 0 Å². The van der Waals surface area contributed by atoms with Crippen molar-refractivity contribution in [2.24, 2.45) is 14.1 Å².